The van der Waals surface area contributed by atoms with E-state index in [1.54, 1.807) is 29.2 Å². The van der Waals surface area contributed by atoms with Gasteiger partial charge in [-0.2, -0.15) is 0 Å². The lowest BCUT2D eigenvalue weighted by atomic mass is 10.1. The molecule has 166 valence electrons. The van der Waals surface area contributed by atoms with Crippen molar-refractivity contribution in [3.8, 4) is 33.4 Å². The molecule has 1 aliphatic rings. The van der Waals surface area contributed by atoms with E-state index in [4.69, 9.17) is 9.47 Å². The summed E-state index contributed by atoms with van der Waals surface area (Å²) in [5.41, 5.74) is 0.829. The van der Waals surface area contributed by atoms with Gasteiger partial charge < -0.3 is 19.5 Å². The summed E-state index contributed by atoms with van der Waals surface area (Å²) in [4.78, 5) is 14.1. The lowest BCUT2D eigenvalue weighted by molar-refractivity contribution is -0.134. The highest BCUT2D eigenvalue weighted by Gasteiger charge is 2.30. The Bertz CT molecular complexity index is 1330. The average Bonchev–Trinajstić information content (AvgIpc) is 3.14. The highest BCUT2D eigenvalue weighted by atomic mass is 32.1. The molecule has 1 amide bonds. The first-order chi connectivity index (χ1) is 16.0. The second kappa shape index (κ2) is 8.60. The Kier molecular flexibility index (Phi) is 5.48. The molecule has 0 aliphatic carbocycles. The van der Waals surface area contributed by atoms with Crippen LogP contribution >= 0.6 is 11.3 Å². The fraction of sp³-hybridized carbons (Fsp3) is 0.115. The third-order valence-electron chi connectivity index (χ3n) is 5.42. The van der Waals surface area contributed by atoms with Gasteiger partial charge >= 0.3 is 0 Å². The molecule has 1 aliphatic heterocycles. The van der Waals surface area contributed by atoms with Crippen LogP contribution in [-0.4, -0.2) is 35.1 Å². The number of ether oxygens (including phenoxy) is 2. The molecular formula is C26H20FNO4S. The number of aromatic hydroxyl groups is 1. The number of nitrogens with zero attached hydrogens (tertiary/aromatic N) is 1. The smallest absolute Gasteiger partial charge is 0.246 e. The van der Waals surface area contributed by atoms with Gasteiger partial charge in [0.15, 0.2) is 5.75 Å². The van der Waals surface area contributed by atoms with Crippen molar-refractivity contribution in [1.29, 1.82) is 0 Å². The normalized spacial score (nSPS) is 13.5. The van der Waals surface area contributed by atoms with Gasteiger partial charge in [-0.1, -0.05) is 18.7 Å². The molecule has 5 rings (SSSR count). The van der Waals surface area contributed by atoms with Crippen molar-refractivity contribution in [1.82, 2.24) is 4.90 Å². The number of hydrogen-bond donors (Lipinski definition) is 1. The van der Waals surface area contributed by atoms with Gasteiger partial charge in [-0.05, 0) is 66.2 Å². The van der Waals surface area contributed by atoms with Crippen molar-refractivity contribution in [2.45, 2.75) is 6.10 Å². The predicted octanol–water partition coefficient (Wildman–Crippen LogP) is 5.98. The first-order valence-electron chi connectivity index (χ1n) is 10.4. The van der Waals surface area contributed by atoms with Crippen molar-refractivity contribution < 1.29 is 23.8 Å². The van der Waals surface area contributed by atoms with Crippen LogP contribution in [0.5, 0.6) is 23.0 Å². The van der Waals surface area contributed by atoms with Gasteiger partial charge in [0, 0.05) is 10.1 Å². The van der Waals surface area contributed by atoms with Crippen LogP contribution in [0.4, 0.5) is 4.39 Å². The molecular weight excluding hydrogens is 441 g/mol. The molecule has 2 heterocycles. The second-order valence-corrected chi connectivity index (χ2v) is 8.76. The molecule has 0 spiro atoms. The van der Waals surface area contributed by atoms with Crippen molar-refractivity contribution in [3.63, 3.8) is 0 Å². The van der Waals surface area contributed by atoms with Gasteiger partial charge in [0.1, 0.15) is 29.2 Å². The Morgan fingerprint density at radius 3 is 2.45 bits per heavy atom. The second-order valence-electron chi connectivity index (χ2n) is 7.71. The highest BCUT2D eigenvalue weighted by molar-refractivity contribution is 7.22. The number of likely N-dealkylation sites (tertiary alicyclic amines) is 1. The van der Waals surface area contributed by atoms with Crippen LogP contribution in [0.2, 0.25) is 0 Å². The molecule has 0 unspecified atom stereocenters. The van der Waals surface area contributed by atoms with Gasteiger partial charge in [-0.25, -0.2) is 4.39 Å². The molecule has 1 saturated heterocycles. The van der Waals surface area contributed by atoms with E-state index in [9.17, 15) is 14.3 Å². The number of amides is 1. The van der Waals surface area contributed by atoms with Gasteiger partial charge in [-0.3, -0.25) is 4.79 Å². The van der Waals surface area contributed by atoms with Gasteiger partial charge in [0.05, 0.1) is 18.0 Å². The molecule has 4 aromatic rings. The maximum atomic E-state index is 13.4. The maximum Gasteiger partial charge on any atom is 0.246 e. The Morgan fingerprint density at radius 2 is 1.76 bits per heavy atom. The van der Waals surface area contributed by atoms with Crippen LogP contribution in [0.15, 0.2) is 79.4 Å². The zero-order chi connectivity index (χ0) is 22.9. The van der Waals surface area contributed by atoms with Gasteiger partial charge in [0.25, 0.3) is 0 Å². The van der Waals surface area contributed by atoms with Crippen molar-refractivity contribution in [2.24, 2.45) is 0 Å². The molecule has 3 aromatic carbocycles. The third-order valence-corrected chi connectivity index (χ3v) is 6.60. The molecule has 33 heavy (non-hydrogen) atoms. The largest absolute Gasteiger partial charge is 0.508 e. The number of carbonyl (C=O) groups excluding carboxylic acids is 1. The summed E-state index contributed by atoms with van der Waals surface area (Å²) < 4.78 is 26.5. The van der Waals surface area contributed by atoms with Gasteiger partial charge in [-0.15, -0.1) is 11.3 Å². The first kappa shape index (κ1) is 21.0. The monoisotopic (exact) mass is 461 g/mol. The van der Waals surface area contributed by atoms with Crippen LogP contribution in [0.1, 0.15) is 0 Å². The summed E-state index contributed by atoms with van der Waals surface area (Å²) in [5.74, 6) is 1.73. The molecule has 5 nitrogen and oxygen atoms in total. The van der Waals surface area contributed by atoms with Crippen molar-refractivity contribution in [3.05, 3.63) is 85.2 Å². The number of thiophene rings is 1. The molecule has 7 heteroatoms. The summed E-state index contributed by atoms with van der Waals surface area (Å²) in [5, 5.41) is 10.8. The number of halogens is 1. The van der Waals surface area contributed by atoms with E-state index < -0.39 is 0 Å². The van der Waals surface area contributed by atoms with E-state index in [1.165, 1.54) is 29.5 Å². The average molecular weight is 462 g/mol. The van der Waals surface area contributed by atoms with Crippen LogP contribution < -0.4 is 9.47 Å². The van der Waals surface area contributed by atoms with E-state index in [-0.39, 0.29) is 23.6 Å². The van der Waals surface area contributed by atoms with E-state index in [0.717, 1.165) is 20.5 Å². The number of carbonyl (C=O) groups is 1. The first-order valence-corrected chi connectivity index (χ1v) is 11.2. The van der Waals surface area contributed by atoms with Crippen LogP contribution in [-0.2, 0) is 4.79 Å². The summed E-state index contributed by atoms with van der Waals surface area (Å²) in [6.07, 6.45) is 1.26. The van der Waals surface area contributed by atoms with Crippen LogP contribution in [0.25, 0.3) is 20.5 Å². The van der Waals surface area contributed by atoms with E-state index in [1.807, 2.05) is 30.3 Å². The maximum absolute atomic E-state index is 13.4. The quantitative estimate of drug-likeness (QED) is 0.359. The number of phenolic OH excluding ortho intramolecular Hbond substituents is 1. The standard InChI is InChI=1S/C26H20FNO4S/c1-2-24(30)28-14-21(15-28)31-19-8-10-20(11-9-19)32-25-22-12-7-18(29)13-23(22)33-26(25)16-3-5-17(27)6-4-16/h2-13,21,29H,1,14-15H2. The van der Waals surface area contributed by atoms with E-state index in [0.29, 0.717) is 30.3 Å². The minimum atomic E-state index is -0.306. The Morgan fingerprint density at radius 1 is 1.06 bits per heavy atom. The molecule has 1 fully saturated rings. The highest BCUT2D eigenvalue weighted by Crippen LogP contribution is 2.47. The summed E-state index contributed by atoms with van der Waals surface area (Å²) in [7, 11) is 0. The van der Waals surface area contributed by atoms with Crippen LogP contribution in [0, 0.1) is 5.82 Å². The molecule has 0 saturated carbocycles. The summed E-state index contributed by atoms with van der Waals surface area (Å²) in [6.45, 7) is 4.57. The minimum absolute atomic E-state index is 0.0424. The lowest BCUT2D eigenvalue weighted by Gasteiger charge is -2.38. The van der Waals surface area contributed by atoms with Crippen molar-refractivity contribution in [2.75, 3.05) is 13.1 Å². The Labute approximate surface area is 193 Å². The zero-order valence-corrected chi connectivity index (χ0v) is 18.3. The molecule has 0 radical (unpaired) electrons. The molecule has 0 bridgehead atoms. The number of hydrogen-bond acceptors (Lipinski definition) is 5. The predicted molar refractivity (Wildman–Crippen MR) is 127 cm³/mol. The number of rotatable bonds is 6. The lowest BCUT2D eigenvalue weighted by Crippen LogP contribution is -2.55. The number of phenols is 1. The molecule has 0 atom stereocenters. The third kappa shape index (κ3) is 4.27. The minimum Gasteiger partial charge on any atom is -0.508 e. The Hall–Kier alpha value is -3.84. The fourth-order valence-electron chi connectivity index (χ4n) is 3.67. The summed E-state index contributed by atoms with van der Waals surface area (Å²) >= 11 is 1.47. The van der Waals surface area contributed by atoms with E-state index in [2.05, 4.69) is 6.58 Å². The van der Waals surface area contributed by atoms with Gasteiger partial charge in [0.2, 0.25) is 5.91 Å². The topological polar surface area (TPSA) is 59.0 Å². The van der Waals surface area contributed by atoms with Crippen molar-refractivity contribution >= 4 is 27.3 Å². The molecule has 1 N–H and O–H groups in total. The molecule has 1 aromatic heterocycles. The zero-order valence-electron chi connectivity index (χ0n) is 17.5. The SMILES string of the molecule is C=CC(=O)N1CC(Oc2ccc(Oc3c(-c4ccc(F)cc4)sc4cc(O)ccc34)cc2)C1. The van der Waals surface area contributed by atoms with E-state index >= 15 is 0 Å². The summed E-state index contributed by atoms with van der Waals surface area (Å²) in [6, 6.07) is 18.7. The number of fused-ring (bicyclic) bond motifs is 1. The van der Waals surface area contributed by atoms with Crippen LogP contribution in [0.3, 0.4) is 0 Å². The Balaban J connectivity index is 1.37. The number of benzene rings is 3. The fourth-order valence-corrected chi connectivity index (χ4v) is 4.84.